The summed E-state index contributed by atoms with van der Waals surface area (Å²) in [6.07, 6.45) is 14.6. The van der Waals surface area contributed by atoms with Gasteiger partial charge in [-0.15, -0.1) is 0 Å². The SMILES string of the molecule is CC(C)(C)C1O[C@H](C2CCCCC2)[C@@H](C2CCCCC2)O1. The lowest BCUT2D eigenvalue weighted by atomic mass is 9.77. The van der Waals surface area contributed by atoms with Gasteiger partial charge >= 0.3 is 0 Å². The molecule has 0 bridgehead atoms. The molecule has 3 fully saturated rings. The van der Waals surface area contributed by atoms with Gasteiger partial charge in [0.1, 0.15) is 0 Å². The third kappa shape index (κ3) is 3.64. The summed E-state index contributed by atoms with van der Waals surface area (Å²) in [5.41, 5.74) is 0.0936. The Morgan fingerprint density at radius 3 is 1.33 bits per heavy atom. The highest BCUT2D eigenvalue weighted by Gasteiger charge is 2.47. The van der Waals surface area contributed by atoms with Crippen molar-refractivity contribution < 1.29 is 9.47 Å². The first-order chi connectivity index (χ1) is 10.1. The van der Waals surface area contributed by atoms with Gasteiger partial charge in [0.15, 0.2) is 6.29 Å². The predicted molar refractivity (Wildman–Crippen MR) is 86.1 cm³/mol. The molecule has 0 radical (unpaired) electrons. The topological polar surface area (TPSA) is 18.5 Å². The standard InChI is InChI=1S/C19H34O2/c1-19(2,3)18-20-16(14-10-6-4-7-11-14)17(21-18)15-12-8-5-9-13-15/h14-18H,4-13H2,1-3H3/t16-,17-/m1/s1. The Hall–Kier alpha value is -0.0800. The van der Waals surface area contributed by atoms with Crippen molar-refractivity contribution in [2.75, 3.05) is 0 Å². The average molecular weight is 294 g/mol. The largest absolute Gasteiger partial charge is 0.346 e. The molecular weight excluding hydrogens is 260 g/mol. The van der Waals surface area contributed by atoms with Crippen molar-refractivity contribution in [3.8, 4) is 0 Å². The van der Waals surface area contributed by atoms with Gasteiger partial charge in [-0.25, -0.2) is 0 Å². The van der Waals surface area contributed by atoms with Gasteiger partial charge in [0.25, 0.3) is 0 Å². The van der Waals surface area contributed by atoms with Crippen LogP contribution in [0.5, 0.6) is 0 Å². The summed E-state index contributed by atoms with van der Waals surface area (Å²) >= 11 is 0. The molecule has 2 atom stereocenters. The third-order valence-corrected chi connectivity index (χ3v) is 5.82. The van der Waals surface area contributed by atoms with E-state index in [-0.39, 0.29) is 11.7 Å². The quantitative estimate of drug-likeness (QED) is 0.687. The molecule has 0 aromatic carbocycles. The summed E-state index contributed by atoms with van der Waals surface area (Å²) in [6, 6.07) is 0. The molecule has 21 heavy (non-hydrogen) atoms. The molecule has 0 N–H and O–H groups in total. The van der Waals surface area contributed by atoms with Crippen molar-refractivity contribution in [3.63, 3.8) is 0 Å². The summed E-state index contributed by atoms with van der Waals surface area (Å²) in [5, 5.41) is 0. The van der Waals surface area contributed by atoms with Crippen molar-refractivity contribution in [2.24, 2.45) is 17.3 Å². The molecule has 0 aromatic heterocycles. The fraction of sp³-hybridized carbons (Fsp3) is 1.00. The first-order valence-corrected chi connectivity index (χ1v) is 9.36. The van der Waals surface area contributed by atoms with E-state index in [4.69, 9.17) is 9.47 Å². The number of ether oxygens (including phenoxy) is 2. The molecule has 122 valence electrons. The Labute approximate surface area is 131 Å². The van der Waals surface area contributed by atoms with Crippen LogP contribution in [0, 0.1) is 17.3 Å². The summed E-state index contributed by atoms with van der Waals surface area (Å²) in [5.74, 6) is 1.50. The summed E-state index contributed by atoms with van der Waals surface area (Å²) < 4.78 is 13.0. The second-order valence-corrected chi connectivity index (χ2v) is 8.70. The van der Waals surface area contributed by atoms with Gasteiger partial charge in [-0.2, -0.15) is 0 Å². The van der Waals surface area contributed by atoms with Gasteiger partial charge in [0.05, 0.1) is 12.2 Å². The smallest absolute Gasteiger partial charge is 0.163 e. The molecule has 0 amide bonds. The highest BCUT2D eigenvalue weighted by molar-refractivity contribution is 4.92. The van der Waals surface area contributed by atoms with E-state index >= 15 is 0 Å². The van der Waals surface area contributed by atoms with E-state index in [0.29, 0.717) is 12.2 Å². The lowest BCUT2D eigenvalue weighted by Gasteiger charge is -2.34. The maximum atomic E-state index is 6.51. The lowest BCUT2D eigenvalue weighted by molar-refractivity contribution is -0.140. The molecule has 0 aromatic rings. The molecule has 3 rings (SSSR count). The normalized spacial score (nSPS) is 34.4. The van der Waals surface area contributed by atoms with Crippen LogP contribution in [0.15, 0.2) is 0 Å². The minimum atomic E-state index is -0.00338. The fourth-order valence-corrected chi connectivity index (χ4v) is 4.56. The molecular formula is C19H34O2. The Kier molecular flexibility index (Phi) is 4.95. The van der Waals surface area contributed by atoms with E-state index in [1.165, 1.54) is 64.2 Å². The van der Waals surface area contributed by atoms with Crippen LogP contribution >= 0.6 is 0 Å². The molecule has 3 aliphatic rings. The van der Waals surface area contributed by atoms with Gasteiger partial charge in [-0.3, -0.25) is 0 Å². The average Bonchev–Trinajstić information content (AvgIpc) is 2.94. The fourth-order valence-electron chi connectivity index (χ4n) is 4.56. The molecule has 0 spiro atoms. The highest BCUT2D eigenvalue weighted by atomic mass is 16.7. The molecule has 1 heterocycles. The van der Waals surface area contributed by atoms with E-state index in [2.05, 4.69) is 20.8 Å². The van der Waals surface area contributed by atoms with Crippen LogP contribution in [0.25, 0.3) is 0 Å². The van der Waals surface area contributed by atoms with Gasteiger partial charge in [0.2, 0.25) is 0 Å². The number of hydrogen-bond donors (Lipinski definition) is 0. The van der Waals surface area contributed by atoms with Gasteiger partial charge in [-0.1, -0.05) is 59.3 Å². The third-order valence-electron chi connectivity index (χ3n) is 5.82. The minimum Gasteiger partial charge on any atom is -0.346 e. The van der Waals surface area contributed by atoms with Crippen LogP contribution < -0.4 is 0 Å². The van der Waals surface area contributed by atoms with Crippen LogP contribution in [0.3, 0.4) is 0 Å². The van der Waals surface area contributed by atoms with Crippen molar-refractivity contribution in [1.29, 1.82) is 0 Å². The van der Waals surface area contributed by atoms with E-state index in [0.717, 1.165) is 11.8 Å². The maximum Gasteiger partial charge on any atom is 0.163 e. The summed E-state index contributed by atoms with van der Waals surface area (Å²) in [7, 11) is 0. The van der Waals surface area contributed by atoms with E-state index in [9.17, 15) is 0 Å². The summed E-state index contributed by atoms with van der Waals surface area (Å²) in [6.45, 7) is 6.75. The predicted octanol–water partition coefficient (Wildman–Crippen LogP) is 5.30. The van der Waals surface area contributed by atoms with Crippen LogP contribution in [-0.2, 0) is 9.47 Å². The van der Waals surface area contributed by atoms with E-state index < -0.39 is 0 Å². The van der Waals surface area contributed by atoms with Gasteiger partial charge < -0.3 is 9.47 Å². The molecule has 2 heteroatoms. The first-order valence-electron chi connectivity index (χ1n) is 9.36. The van der Waals surface area contributed by atoms with Crippen molar-refractivity contribution >= 4 is 0 Å². The van der Waals surface area contributed by atoms with Gasteiger partial charge in [0, 0.05) is 5.41 Å². The van der Waals surface area contributed by atoms with Crippen molar-refractivity contribution in [1.82, 2.24) is 0 Å². The molecule has 2 nitrogen and oxygen atoms in total. The van der Waals surface area contributed by atoms with Crippen LogP contribution in [0.4, 0.5) is 0 Å². The highest BCUT2D eigenvalue weighted by Crippen LogP contribution is 2.44. The lowest BCUT2D eigenvalue weighted by Crippen LogP contribution is -2.38. The zero-order valence-corrected chi connectivity index (χ0v) is 14.3. The van der Waals surface area contributed by atoms with E-state index in [1.54, 1.807) is 0 Å². The Balaban J connectivity index is 1.72. The second-order valence-electron chi connectivity index (χ2n) is 8.70. The monoisotopic (exact) mass is 294 g/mol. The van der Waals surface area contributed by atoms with Gasteiger partial charge in [-0.05, 0) is 37.5 Å². The second kappa shape index (κ2) is 6.58. The molecule has 2 aliphatic carbocycles. The van der Waals surface area contributed by atoms with E-state index in [1.807, 2.05) is 0 Å². The Morgan fingerprint density at radius 1 is 0.619 bits per heavy atom. The zero-order valence-electron chi connectivity index (χ0n) is 14.3. The number of hydrogen-bond acceptors (Lipinski definition) is 2. The van der Waals surface area contributed by atoms with Crippen molar-refractivity contribution in [3.05, 3.63) is 0 Å². The minimum absolute atomic E-state index is 0.00338. The Bertz CT molecular complexity index is 295. The Morgan fingerprint density at radius 2 is 1.00 bits per heavy atom. The van der Waals surface area contributed by atoms with Crippen LogP contribution in [0.1, 0.15) is 85.0 Å². The van der Waals surface area contributed by atoms with Crippen LogP contribution in [-0.4, -0.2) is 18.5 Å². The summed E-state index contributed by atoms with van der Waals surface area (Å²) in [4.78, 5) is 0. The zero-order chi connectivity index (χ0) is 14.9. The van der Waals surface area contributed by atoms with Crippen LogP contribution in [0.2, 0.25) is 0 Å². The maximum absolute atomic E-state index is 6.51. The first kappa shape index (κ1) is 15.8. The van der Waals surface area contributed by atoms with Crippen molar-refractivity contribution in [2.45, 2.75) is 103 Å². The molecule has 1 saturated heterocycles. The molecule has 2 saturated carbocycles. The molecule has 1 aliphatic heterocycles. The molecule has 0 unspecified atom stereocenters. The number of rotatable bonds is 2.